The summed E-state index contributed by atoms with van der Waals surface area (Å²) < 4.78 is 5.35. The summed E-state index contributed by atoms with van der Waals surface area (Å²) in [7, 11) is 0. The van der Waals surface area contributed by atoms with Crippen molar-refractivity contribution in [2.24, 2.45) is 17.6 Å². The van der Waals surface area contributed by atoms with Gasteiger partial charge in [-0.3, -0.25) is 4.79 Å². The molecule has 15 heavy (non-hydrogen) atoms. The largest absolute Gasteiger partial charge is 0.462 e. The molecule has 1 rings (SSSR count). The third-order valence-electron chi connectivity index (χ3n) is 2.54. The van der Waals surface area contributed by atoms with E-state index in [-0.39, 0.29) is 24.0 Å². The summed E-state index contributed by atoms with van der Waals surface area (Å²) >= 11 is 0. The fourth-order valence-electron chi connectivity index (χ4n) is 1.90. The van der Waals surface area contributed by atoms with Crippen LogP contribution in [-0.4, -0.2) is 18.1 Å². The molecule has 0 spiro atoms. The van der Waals surface area contributed by atoms with E-state index in [1.165, 1.54) is 0 Å². The highest BCUT2D eigenvalue weighted by molar-refractivity contribution is 5.75. The zero-order chi connectivity index (χ0) is 11.4. The van der Waals surface area contributed by atoms with Crippen LogP contribution in [0.5, 0.6) is 0 Å². The SMILES string of the molecule is CC(C)CC(C)OC(=O)C1C=CC(N)C1. The fourth-order valence-corrected chi connectivity index (χ4v) is 1.90. The summed E-state index contributed by atoms with van der Waals surface area (Å²) in [4.78, 5) is 11.7. The molecule has 0 fully saturated rings. The van der Waals surface area contributed by atoms with E-state index in [2.05, 4.69) is 13.8 Å². The lowest BCUT2D eigenvalue weighted by molar-refractivity contribution is -0.152. The van der Waals surface area contributed by atoms with Gasteiger partial charge >= 0.3 is 5.97 Å². The Kier molecular flexibility index (Phi) is 4.33. The van der Waals surface area contributed by atoms with Crippen LogP contribution in [0.25, 0.3) is 0 Å². The van der Waals surface area contributed by atoms with Crippen LogP contribution in [0.15, 0.2) is 12.2 Å². The van der Waals surface area contributed by atoms with Gasteiger partial charge in [0.2, 0.25) is 0 Å². The lowest BCUT2D eigenvalue weighted by Gasteiger charge is -2.17. The third kappa shape index (κ3) is 4.04. The first-order chi connectivity index (χ1) is 6.99. The number of hydrogen-bond donors (Lipinski definition) is 1. The Morgan fingerprint density at radius 3 is 2.60 bits per heavy atom. The fraction of sp³-hybridized carbons (Fsp3) is 0.750. The zero-order valence-electron chi connectivity index (χ0n) is 9.77. The van der Waals surface area contributed by atoms with Gasteiger partial charge in [-0.25, -0.2) is 0 Å². The summed E-state index contributed by atoms with van der Waals surface area (Å²) in [5.74, 6) is 0.288. The minimum absolute atomic E-state index is 0.00252. The maximum Gasteiger partial charge on any atom is 0.313 e. The second kappa shape index (κ2) is 5.31. The van der Waals surface area contributed by atoms with Gasteiger partial charge in [-0.15, -0.1) is 0 Å². The number of hydrogen-bond acceptors (Lipinski definition) is 3. The average molecular weight is 211 g/mol. The molecule has 0 aromatic heterocycles. The Hall–Kier alpha value is -0.830. The van der Waals surface area contributed by atoms with E-state index in [0.29, 0.717) is 12.3 Å². The summed E-state index contributed by atoms with van der Waals surface area (Å²) in [5.41, 5.74) is 5.68. The van der Waals surface area contributed by atoms with Crippen molar-refractivity contribution >= 4 is 5.97 Å². The monoisotopic (exact) mass is 211 g/mol. The van der Waals surface area contributed by atoms with Gasteiger partial charge in [-0.05, 0) is 25.7 Å². The first-order valence-electron chi connectivity index (χ1n) is 5.63. The lowest BCUT2D eigenvalue weighted by Crippen LogP contribution is -2.24. The van der Waals surface area contributed by atoms with Gasteiger partial charge in [0.15, 0.2) is 0 Å². The zero-order valence-corrected chi connectivity index (χ0v) is 9.77. The highest BCUT2D eigenvalue weighted by atomic mass is 16.5. The van der Waals surface area contributed by atoms with E-state index in [9.17, 15) is 4.79 Å². The summed E-state index contributed by atoms with van der Waals surface area (Å²) in [6.45, 7) is 6.18. The van der Waals surface area contributed by atoms with Crippen LogP contribution in [0, 0.1) is 11.8 Å². The first-order valence-corrected chi connectivity index (χ1v) is 5.63. The van der Waals surface area contributed by atoms with E-state index in [4.69, 9.17) is 10.5 Å². The molecule has 2 N–H and O–H groups in total. The second-order valence-corrected chi connectivity index (χ2v) is 4.77. The lowest BCUT2D eigenvalue weighted by atomic mass is 10.1. The molecule has 0 saturated heterocycles. The number of ether oxygens (including phenoxy) is 1. The average Bonchev–Trinajstić information content (AvgIpc) is 2.49. The molecule has 3 unspecified atom stereocenters. The number of esters is 1. The van der Waals surface area contributed by atoms with E-state index in [1.807, 2.05) is 19.1 Å². The normalized spacial score (nSPS) is 27.0. The smallest absolute Gasteiger partial charge is 0.313 e. The first kappa shape index (κ1) is 12.2. The Morgan fingerprint density at radius 1 is 1.47 bits per heavy atom. The predicted octanol–water partition coefficient (Wildman–Crippen LogP) is 1.87. The van der Waals surface area contributed by atoms with Crippen LogP contribution in [-0.2, 0) is 9.53 Å². The van der Waals surface area contributed by atoms with Gasteiger partial charge in [0, 0.05) is 6.04 Å². The minimum Gasteiger partial charge on any atom is -0.462 e. The number of carbonyl (C=O) groups excluding carboxylic acids is 1. The highest BCUT2D eigenvalue weighted by Gasteiger charge is 2.25. The molecule has 0 aliphatic heterocycles. The van der Waals surface area contributed by atoms with Crippen LogP contribution in [0.3, 0.4) is 0 Å². The number of nitrogens with two attached hydrogens (primary N) is 1. The van der Waals surface area contributed by atoms with Gasteiger partial charge in [0.25, 0.3) is 0 Å². The molecular weight excluding hydrogens is 190 g/mol. The summed E-state index contributed by atoms with van der Waals surface area (Å²) in [5, 5.41) is 0. The van der Waals surface area contributed by atoms with Crippen molar-refractivity contribution < 1.29 is 9.53 Å². The molecule has 3 heteroatoms. The number of carbonyl (C=O) groups is 1. The molecule has 1 aliphatic carbocycles. The van der Waals surface area contributed by atoms with Gasteiger partial charge < -0.3 is 10.5 Å². The predicted molar refractivity (Wildman–Crippen MR) is 60.2 cm³/mol. The van der Waals surface area contributed by atoms with Crippen LogP contribution < -0.4 is 5.73 Å². The van der Waals surface area contributed by atoms with Crippen molar-refractivity contribution in [1.29, 1.82) is 0 Å². The summed E-state index contributed by atoms with van der Waals surface area (Å²) in [6, 6.07) is 0.0166. The molecule has 1 aliphatic rings. The molecule has 3 nitrogen and oxygen atoms in total. The molecule has 0 bridgehead atoms. The molecular formula is C12H21NO2. The molecule has 0 amide bonds. The molecule has 0 aromatic rings. The van der Waals surface area contributed by atoms with Crippen molar-refractivity contribution in [1.82, 2.24) is 0 Å². The molecule has 3 atom stereocenters. The van der Waals surface area contributed by atoms with Gasteiger partial charge in [0.1, 0.15) is 0 Å². The Labute approximate surface area is 91.7 Å². The van der Waals surface area contributed by atoms with Crippen molar-refractivity contribution in [2.45, 2.75) is 45.8 Å². The maximum absolute atomic E-state index is 11.7. The number of rotatable bonds is 4. The van der Waals surface area contributed by atoms with E-state index in [1.54, 1.807) is 0 Å². The second-order valence-electron chi connectivity index (χ2n) is 4.77. The van der Waals surface area contributed by atoms with Crippen LogP contribution in [0.4, 0.5) is 0 Å². The van der Waals surface area contributed by atoms with Crippen molar-refractivity contribution in [3.8, 4) is 0 Å². The van der Waals surface area contributed by atoms with E-state index >= 15 is 0 Å². The van der Waals surface area contributed by atoms with Crippen LogP contribution >= 0.6 is 0 Å². The minimum atomic E-state index is -0.132. The topological polar surface area (TPSA) is 52.3 Å². The highest BCUT2D eigenvalue weighted by Crippen LogP contribution is 2.19. The van der Waals surface area contributed by atoms with E-state index < -0.39 is 0 Å². The van der Waals surface area contributed by atoms with Crippen LogP contribution in [0.2, 0.25) is 0 Å². The van der Waals surface area contributed by atoms with Crippen molar-refractivity contribution in [2.75, 3.05) is 0 Å². The summed E-state index contributed by atoms with van der Waals surface area (Å²) in [6.07, 6.45) is 5.33. The van der Waals surface area contributed by atoms with Crippen molar-refractivity contribution in [3.63, 3.8) is 0 Å². The molecule has 0 saturated carbocycles. The maximum atomic E-state index is 11.7. The molecule has 0 radical (unpaired) electrons. The molecule has 0 heterocycles. The Bertz CT molecular complexity index is 248. The Morgan fingerprint density at radius 2 is 2.13 bits per heavy atom. The van der Waals surface area contributed by atoms with Crippen molar-refractivity contribution in [3.05, 3.63) is 12.2 Å². The van der Waals surface area contributed by atoms with Crippen LogP contribution in [0.1, 0.15) is 33.6 Å². The molecule has 0 aromatic carbocycles. The quantitative estimate of drug-likeness (QED) is 0.570. The third-order valence-corrected chi connectivity index (χ3v) is 2.54. The molecule has 86 valence electrons. The van der Waals surface area contributed by atoms with Gasteiger partial charge in [-0.1, -0.05) is 26.0 Å². The van der Waals surface area contributed by atoms with E-state index in [0.717, 1.165) is 6.42 Å². The standard InChI is InChI=1S/C12H21NO2/c1-8(2)6-9(3)15-12(14)10-4-5-11(13)7-10/h4-5,8-11H,6-7,13H2,1-3H3. The van der Waals surface area contributed by atoms with Gasteiger partial charge in [0.05, 0.1) is 12.0 Å². The van der Waals surface area contributed by atoms with Gasteiger partial charge in [-0.2, -0.15) is 0 Å². The Balaban J connectivity index is 2.33.